The summed E-state index contributed by atoms with van der Waals surface area (Å²) in [5.41, 5.74) is 3.03. The number of carbonyl (C=O) groups is 8. The Labute approximate surface area is 460 Å². The Morgan fingerprint density at radius 3 is 1.56 bits per heavy atom. The summed E-state index contributed by atoms with van der Waals surface area (Å²) in [5.74, 6) is -3.43. The second-order valence-electron chi connectivity index (χ2n) is 24.6. The smallest absolute Gasteiger partial charge is 0.252 e. The van der Waals surface area contributed by atoms with E-state index >= 15 is 0 Å². The first-order chi connectivity index (χ1) is 36.7. The monoisotopic (exact) mass is 1070 g/mol. The summed E-state index contributed by atoms with van der Waals surface area (Å²) in [6, 6.07) is 14.8. The fourth-order valence-corrected chi connectivity index (χ4v) is 11.2. The summed E-state index contributed by atoms with van der Waals surface area (Å²) in [5, 5.41) is 24.1. The van der Waals surface area contributed by atoms with Crippen molar-refractivity contribution in [3.8, 4) is 0 Å². The third-order valence-electron chi connectivity index (χ3n) is 16.2. The van der Waals surface area contributed by atoms with Crippen LogP contribution in [0.3, 0.4) is 0 Å². The Hall–Kier alpha value is -6.66. The molecule has 0 spiro atoms. The van der Waals surface area contributed by atoms with Crippen molar-refractivity contribution < 1.29 is 38.4 Å². The summed E-state index contributed by atoms with van der Waals surface area (Å²) < 4.78 is 0. The molecule has 9 atom stereocenters. The Morgan fingerprint density at radius 2 is 1.06 bits per heavy atom. The number of benzene rings is 3. The van der Waals surface area contributed by atoms with E-state index in [-0.39, 0.29) is 67.2 Å². The lowest BCUT2D eigenvalue weighted by Gasteiger charge is -2.42. The van der Waals surface area contributed by atoms with E-state index in [4.69, 9.17) is 0 Å². The molecule has 7 rings (SSSR count). The topological polar surface area (TPSA) is 239 Å². The molecule has 8 N–H and O–H groups in total. The van der Waals surface area contributed by atoms with Gasteiger partial charge >= 0.3 is 0 Å². The molecule has 78 heavy (non-hydrogen) atoms. The van der Waals surface area contributed by atoms with Crippen molar-refractivity contribution in [3.05, 3.63) is 106 Å². The number of amides is 8. The van der Waals surface area contributed by atoms with Crippen LogP contribution in [0, 0.1) is 10.8 Å². The molecule has 0 saturated carbocycles. The third-order valence-corrected chi connectivity index (χ3v) is 16.2. The lowest BCUT2D eigenvalue weighted by Crippen LogP contribution is -2.62. The number of hydrogen-bond acceptors (Lipinski definition) is 10. The Bertz CT molecular complexity index is 2760. The fourth-order valence-electron chi connectivity index (χ4n) is 11.2. The van der Waals surface area contributed by atoms with E-state index in [0.29, 0.717) is 5.56 Å². The van der Waals surface area contributed by atoms with Crippen LogP contribution in [0.2, 0.25) is 0 Å². The number of nitrogens with zero attached hydrogens (tertiary/aromatic N) is 2. The van der Waals surface area contributed by atoms with Gasteiger partial charge in [-0.15, -0.1) is 0 Å². The van der Waals surface area contributed by atoms with Crippen LogP contribution in [0.4, 0.5) is 0 Å². The zero-order chi connectivity index (χ0) is 57.0. The maximum Gasteiger partial charge on any atom is 0.252 e. The molecule has 2 heterocycles. The predicted octanol–water partition coefficient (Wildman–Crippen LogP) is 4.20. The van der Waals surface area contributed by atoms with Crippen LogP contribution in [0.15, 0.2) is 66.7 Å². The molecule has 4 aliphatic rings. The van der Waals surface area contributed by atoms with Gasteiger partial charge in [-0.05, 0) is 143 Å². The van der Waals surface area contributed by atoms with E-state index in [9.17, 15) is 38.4 Å². The summed E-state index contributed by atoms with van der Waals surface area (Å²) in [6.07, 6.45) is 5.30. The second-order valence-corrected chi connectivity index (χ2v) is 24.6. The van der Waals surface area contributed by atoms with Crippen LogP contribution in [0.5, 0.6) is 0 Å². The van der Waals surface area contributed by atoms with Crippen molar-refractivity contribution in [2.45, 2.75) is 187 Å². The van der Waals surface area contributed by atoms with Gasteiger partial charge in [0.1, 0.15) is 29.7 Å². The molecule has 1 saturated heterocycles. The summed E-state index contributed by atoms with van der Waals surface area (Å²) in [6.45, 7) is 17.6. The number of fused-ring (bicyclic) bond motifs is 3. The first kappa shape index (κ1) is 59.0. The molecule has 18 heteroatoms. The zero-order valence-corrected chi connectivity index (χ0v) is 47.8. The van der Waals surface area contributed by atoms with E-state index in [1.807, 2.05) is 77.9 Å². The summed E-state index contributed by atoms with van der Waals surface area (Å²) in [7, 11) is 3.31. The maximum atomic E-state index is 15.0. The van der Waals surface area contributed by atoms with Crippen molar-refractivity contribution in [3.63, 3.8) is 0 Å². The number of rotatable bonds is 16. The molecule has 18 nitrogen and oxygen atoms in total. The molecule has 5 unspecified atom stereocenters. The Balaban J connectivity index is 1.11. The number of hydrogen-bond donors (Lipinski definition) is 8. The first-order valence-electron chi connectivity index (χ1n) is 27.8. The van der Waals surface area contributed by atoms with Crippen molar-refractivity contribution in [1.29, 1.82) is 0 Å². The van der Waals surface area contributed by atoms with E-state index in [1.54, 1.807) is 60.0 Å². The molecular formula is C60H84N10O8. The van der Waals surface area contributed by atoms with E-state index in [2.05, 4.69) is 54.7 Å². The number of nitrogens with one attached hydrogen (secondary N) is 8. The largest absolute Gasteiger partial charge is 0.349 e. The van der Waals surface area contributed by atoms with Crippen molar-refractivity contribution in [2.75, 3.05) is 20.6 Å². The molecular weight excluding hydrogens is 989 g/mol. The highest BCUT2D eigenvalue weighted by molar-refractivity contribution is 6.00. The van der Waals surface area contributed by atoms with Gasteiger partial charge < -0.3 is 52.3 Å². The number of carbonyl (C=O) groups excluding carboxylic acids is 8. The first-order valence-corrected chi connectivity index (χ1v) is 27.8. The molecule has 0 bridgehead atoms. The number of aryl methyl sites for hydroxylation is 2. The van der Waals surface area contributed by atoms with Gasteiger partial charge in [0.15, 0.2) is 0 Å². The van der Waals surface area contributed by atoms with Crippen molar-refractivity contribution in [2.24, 2.45) is 10.8 Å². The van der Waals surface area contributed by atoms with Gasteiger partial charge in [-0.3, -0.25) is 38.4 Å². The molecule has 0 aromatic heterocycles. The SMILES string of the molecule is CNC(C)C(=O)NC(C(=O)N1Cc2cc(C(=O)NC(C)(C)C(=O)N[C@H]3C[C@@H](C(=O)N[C@@H]4CCCc5ccccc54)N(C(=O)C(NC(=O)C(C)NC)C(C)(C)C)C3)ccc2CC1C(=O)N[C@@H]1CCCc2ccccc21)C(C)(C)C. The maximum absolute atomic E-state index is 15.0. The highest BCUT2D eigenvalue weighted by atomic mass is 16.2. The molecule has 0 radical (unpaired) electrons. The second kappa shape index (κ2) is 24.1. The standard InChI is InChI=1S/C60H84N10O8/c1-34(61-11)50(71)66-48(58(3,4)5)55(76)69-32-40-29-39(28-27-38(40)30-46(69)53(74)64-44-25-17-21-36-19-13-15-23-42(36)44)52(73)68-60(9,10)57(78)63-41-31-47(54(75)65-45-26-18-22-37-20-14-16-24-43(37)45)70(33-41)56(77)49(59(6,7)8)67-51(72)35(2)62-12/h13-16,19-20,23-24,27-29,34-35,41,44-49,61-62H,17-18,21-22,25-26,30-33H2,1-12H3,(H,63,78)(H,64,74)(H,65,75)(H,66,71)(H,67,72)(H,68,73)/t34?,35?,41-,44+,45+,46?,47-,48?,49?/m0/s1. The Kier molecular flexibility index (Phi) is 18.3. The third kappa shape index (κ3) is 13.4. The zero-order valence-electron chi connectivity index (χ0n) is 47.8. The molecule has 1 fully saturated rings. The van der Waals surface area contributed by atoms with E-state index in [1.165, 1.54) is 15.4 Å². The van der Waals surface area contributed by atoms with Gasteiger partial charge in [0.2, 0.25) is 41.4 Å². The fraction of sp³-hybridized carbons (Fsp3) is 0.567. The van der Waals surface area contributed by atoms with Crippen LogP contribution < -0.4 is 42.5 Å². The van der Waals surface area contributed by atoms with Crippen LogP contribution in [-0.4, -0.2) is 126 Å². The van der Waals surface area contributed by atoms with Gasteiger partial charge in [0, 0.05) is 31.1 Å². The van der Waals surface area contributed by atoms with Crippen molar-refractivity contribution >= 4 is 47.3 Å². The van der Waals surface area contributed by atoms with Gasteiger partial charge in [0.05, 0.1) is 24.2 Å². The number of likely N-dealkylation sites (N-methyl/N-ethyl adjacent to an activating group) is 2. The van der Waals surface area contributed by atoms with Crippen LogP contribution in [-0.2, 0) is 59.4 Å². The minimum Gasteiger partial charge on any atom is -0.349 e. The Morgan fingerprint density at radius 1 is 0.577 bits per heavy atom. The molecule has 3 aromatic carbocycles. The molecule has 3 aromatic rings. The van der Waals surface area contributed by atoms with Gasteiger partial charge in [-0.25, -0.2) is 0 Å². The number of likely N-dealkylation sites (tertiary alicyclic amines) is 1. The molecule has 2 aliphatic carbocycles. The molecule has 2 aliphatic heterocycles. The predicted molar refractivity (Wildman–Crippen MR) is 298 cm³/mol. The minimum absolute atomic E-state index is 0.0285. The lowest BCUT2D eigenvalue weighted by atomic mass is 9.83. The van der Waals surface area contributed by atoms with Crippen LogP contribution >= 0.6 is 0 Å². The average Bonchev–Trinajstić information content (AvgIpc) is 3.99. The van der Waals surface area contributed by atoms with Gasteiger partial charge in [-0.1, -0.05) is 96.1 Å². The molecule has 422 valence electrons. The highest BCUT2D eigenvalue weighted by Crippen LogP contribution is 2.35. The summed E-state index contributed by atoms with van der Waals surface area (Å²) >= 11 is 0. The van der Waals surface area contributed by atoms with E-state index < -0.39 is 82.3 Å². The van der Waals surface area contributed by atoms with Crippen LogP contribution in [0.1, 0.15) is 157 Å². The quantitative estimate of drug-likeness (QED) is 0.102. The average molecular weight is 1070 g/mol. The minimum atomic E-state index is -1.51. The molecule has 8 amide bonds. The van der Waals surface area contributed by atoms with Gasteiger partial charge in [0.25, 0.3) is 5.91 Å². The van der Waals surface area contributed by atoms with E-state index in [0.717, 1.165) is 60.8 Å². The highest BCUT2D eigenvalue weighted by Gasteiger charge is 2.48. The van der Waals surface area contributed by atoms with Crippen molar-refractivity contribution in [1.82, 2.24) is 52.3 Å². The van der Waals surface area contributed by atoms with Crippen LogP contribution in [0.25, 0.3) is 0 Å². The van der Waals surface area contributed by atoms with Gasteiger partial charge in [-0.2, -0.15) is 0 Å². The summed E-state index contributed by atoms with van der Waals surface area (Å²) in [4.78, 5) is 117. The lowest BCUT2D eigenvalue weighted by molar-refractivity contribution is -0.147. The normalized spacial score (nSPS) is 21.7.